The molecule has 0 bridgehead atoms. The monoisotopic (exact) mass is 295 g/mol. The maximum absolute atomic E-state index is 12.5. The summed E-state index contributed by atoms with van der Waals surface area (Å²) < 4.78 is 15.4. The number of rotatable bonds is 4. The van der Waals surface area contributed by atoms with E-state index < -0.39 is 12.1 Å². The first-order valence-electron chi connectivity index (χ1n) is 6.42. The molecule has 1 aliphatic heterocycles. The van der Waals surface area contributed by atoms with Crippen molar-refractivity contribution < 1.29 is 28.9 Å². The first-order valence-corrected chi connectivity index (χ1v) is 6.42. The van der Waals surface area contributed by atoms with E-state index in [0.717, 1.165) is 0 Å². The molecular weight excluding hydrogens is 278 g/mol. The van der Waals surface area contributed by atoms with E-state index in [1.807, 2.05) is 0 Å². The van der Waals surface area contributed by atoms with Crippen LogP contribution in [-0.4, -0.2) is 61.9 Å². The standard InChI is InChI=1S/C14H17NO6/c1-19-10-5-9(6-11(7-10)20-2)13(16)15-3-4-21-12(8-15)14(17)18/h5-7,12H,3-4,8H2,1-2H3,(H,17,18). The van der Waals surface area contributed by atoms with Gasteiger partial charge in [0.2, 0.25) is 0 Å². The molecule has 0 radical (unpaired) electrons. The summed E-state index contributed by atoms with van der Waals surface area (Å²) in [7, 11) is 3.00. The van der Waals surface area contributed by atoms with Crippen LogP contribution in [0.3, 0.4) is 0 Å². The Morgan fingerprint density at radius 2 is 1.86 bits per heavy atom. The molecule has 0 spiro atoms. The van der Waals surface area contributed by atoms with Gasteiger partial charge in [-0.1, -0.05) is 0 Å². The van der Waals surface area contributed by atoms with Crippen LogP contribution in [0.5, 0.6) is 11.5 Å². The molecule has 2 rings (SSSR count). The molecule has 114 valence electrons. The van der Waals surface area contributed by atoms with Crippen molar-refractivity contribution in [2.75, 3.05) is 33.9 Å². The zero-order chi connectivity index (χ0) is 15.4. The van der Waals surface area contributed by atoms with Crippen molar-refractivity contribution in [3.63, 3.8) is 0 Å². The van der Waals surface area contributed by atoms with Gasteiger partial charge in [0, 0.05) is 18.2 Å². The molecule has 0 aliphatic carbocycles. The summed E-state index contributed by atoms with van der Waals surface area (Å²) in [6.07, 6.45) is -0.991. The molecule has 1 aromatic carbocycles. The summed E-state index contributed by atoms with van der Waals surface area (Å²) in [5.41, 5.74) is 0.386. The largest absolute Gasteiger partial charge is 0.497 e. The number of morpholine rings is 1. The molecule has 1 atom stereocenters. The molecule has 0 saturated carbocycles. The highest BCUT2D eigenvalue weighted by atomic mass is 16.5. The van der Waals surface area contributed by atoms with Gasteiger partial charge in [0.15, 0.2) is 6.10 Å². The summed E-state index contributed by atoms with van der Waals surface area (Å²) in [5, 5.41) is 8.97. The van der Waals surface area contributed by atoms with Crippen molar-refractivity contribution in [1.29, 1.82) is 0 Å². The van der Waals surface area contributed by atoms with Crippen LogP contribution in [0.25, 0.3) is 0 Å². The normalized spacial score (nSPS) is 18.2. The van der Waals surface area contributed by atoms with Crippen molar-refractivity contribution >= 4 is 11.9 Å². The van der Waals surface area contributed by atoms with E-state index in [1.54, 1.807) is 18.2 Å². The summed E-state index contributed by atoms with van der Waals surface area (Å²) in [6, 6.07) is 4.85. The quantitative estimate of drug-likeness (QED) is 0.877. The Balaban J connectivity index is 2.21. The Hall–Kier alpha value is -2.28. The SMILES string of the molecule is COc1cc(OC)cc(C(=O)N2CCOC(C(=O)O)C2)c1. The van der Waals surface area contributed by atoms with Crippen molar-refractivity contribution in [1.82, 2.24) is 4.90 Å². The van der Waals surface area contributed by atoms with E-state index in [9.17, 15) is 9.59 Å². The molecule has 21 heavy (non-hydrogen) atoms. The van der Waals surface area contributed by atoms with Crippen LogP contribution in [0, 0.1) is 0 Å². The zero-order valence-electron chi connectivity index (χ0n) is 11.9. The number of carbonyl (C=O) groups is 2. The molecule has 1 unspecified atom stereocenters. The average molecular weight is 295 g/mol. The number of benzene rings is 1. The predicted molar refractivity (Wildman–Crippen MR) is 72.8 cm³/mol. The van der Waals surface area contributed by atoms with E-state index >= 15 is 0 Å². The van der Waals surface area contributed by atoms with Crippen LogP contribution in [0.2, 0.25) is 0 Å². The van der Waals surface area contributed by atoms with Gasteiger partial charge in [-0.05, 0) is 12.1 Å². The summed E-state index contributed by atoms with van der Waals surface area (Å²) in [4.78, 5) is 24.9. The molecule has 0 aromatic heterocycles. The summed E-state index contributed by atoms with van der Waals surface area (Å²) >= 11 is 0. The molecule has 1 saturated heterocycles. The fourth-order valence-corrected chi connectivity index (χ4v) is 2.10. The van der Waals surface area contributed by atoms with Crippen molar-refractivity contribution in [2.24, 2.45) is 0 Å². The van der Waals surface area contributed by atoms with Crippen LogP contribution >= 0.6 is 0 Å². The predicted octanol–water partition coefficient (Wildman–Crippen LogP) is 0.629. The smallest absolute Gasteiger partial charge is 0.334 e. The molecule has 1 heterocycles. The second-order valence-electron chi connectivity index (χ2n) is 4.55. The number of carbonyl (C=O) groups excluding carboxylic acids is 1. The van der Waals surface area contributed by atoms with E-state index in [2.05, 4.69) is 0 Å². The molecule has 1 fully saturated rings. The summed E-state index contributed by atoms with van der Waals surface area (Å²) in [6.45, 7) is 0.569. The third-order valence-electron chi connectivity index (χ3n) is 3.23. The number of hydrogen-bond donors (Lipinski definition) is 1. The van der Waals surface area contributed by atoms with E-state index in [4.69, 9.17) is 19.3 Å². The highest BCUT2D eigenvalue weighted by Crippen LogP contribution is 2.24. The molecule has 1 N–H and O–H groups in total. The molecule has 7 nitrogen and oxygen atoms in total. The number of hydrogen-bond acceptors (Lipinski definition) is 5. The molecular formula is C14H17NO6. The first kappa shape index (κ1) is 15.1. The lowest BCUT2D eigenvalue weighted by atomic mass is 10.1. The lowest BCUT2D eigenvalue weighted by Crippen LogP contribution is -2.48. The highest BCUT2D eigenvalue weighted by molar-refractivity contribution is 5.95. The lowest BCUT2D eigenvalue weighted by molar-refractivity contribution is -0.154. The average Bonchev–Trinajstić information content (AvgIpc) is 2.53. The number of aliphatic carboxylic acids is 1. The zero-order valence-corrected chi connectivity index (χ0v) is 11.9. The molecule has 1 aliphatic rings. The van der Waals surface area contributed by atoms with Gasteiger partial charge >= 0.3 is 5.97 Å². The van der Waals surface area contributed by atoms with E-state index in [1.165, 1.54) is 19.1 Å². The lowest BCUT2D eigenvalue weighted by Gasteiger charge is -2.31. The second kappa shape index (κ2) is 6.45. The maximum atomic E-state index is 12.5. The third-order valence-corrected chi connectivity index (χ3v) is 3.23. The Bertz CT molecular complexity index is 522. The van der Waals surface area contributed by atoms with Gasteiger partial charge in [0.05, 0.1) is 27.4 Å². The van der Waals surface area contributed by atoms with Crippen LogP contribution in [0.1, 0.15) is 10.4 Å². The fourth-order valence-electron chi connectivity index (χ4n) is 2.10. The minimum absolute atomic E-state index is 0.0215. The molecule has 7 heteroatoms. The van der Waals surface area contributed by atoms with E-state index in [0.29, 0.717) is 23.6 Å². The Kier molecular flexibility index (Phi) is 4.64. The van der Waals surface area contributed by atoms with Gasteiger partial charge in [-0.25, -0.2) is 4.79 Å². The van der Waals surface area contributed by atoms with Crippen molar-refractivity contribution in [3.8, 4) is 11.5 Å². The van der Waals surface area contributed by atoms with Crippen LogP contribution in [0.4, 0.5) is 0 Å². The number of carboxylic acids is 1. The number of carboxylic acid groups (broad SMARTS) is 1. The number of methoxy groups -OCH3 is 2. The number of amides is 1. The first-order chi connectivity index (χ1) is 10.0. The van der Waals surface area contributed by atoms with Crippen LogP contribution < -0.4 is 9.47 Å². The minimum Gasteiger partial charge on any atom is -0.497 e. The van der Waals surface area contributed by atoms with Crippen LogP contribution in [-0.2, 0) is 9.53 Å². The number of nitrogens with zero attached hydrogens (tertiary/aromatic N) is 1. The van der Waals surface area contributed by atoms with Crippen molar-refractivity contribution in [3.05, 3.63) is 23.8 Å². The van der Waals surface area contributed by atoms with Gasteiger partial charge in [-0.3, -0.25) is 4.79 Å². The Morgan fingerprint density at radius 3 is 2.38 bits per heavy atom. The Labute approximate surface area is 122 Å². The van der Waals surface area contributed by atoms with Crippen LogP contribution in [0.15, 0.2) is 18.2 Å². The van der Waals surface area contributed by atoms with Gasteiger partial charge in [0.1, 0.15) is 11.5 Å². The van der Waals surface area contributed by atoms with Gasteiger partial charge in [-0.15, -0.1) is 0 Å². The number of ether oxygens (including phenoxy) is 3. The minimum atomic E-state index is -1.07. The molecule has 1 aromatic rings. The Morgan fingerprint density at radius 1 is 1.24 bits per heavy atom. The van der Waals surface area contributed by atoms with Gasteiger partial charge in [0.25, 0.3) is 5.91 Å². The highest BCUT2D eigenvalue weighted by Gasteiger charge is 2.29. The second-order valence-corrected chi connectivity index (χ2v) is 4.55. The van der Waals surface area contributed by atoms with E-state index in [-0.39, 0.29) is 19.1 Å². The third kappa shape index (κ3) is 3.43. The van der Waals surface area contributed by atoms with Crippen molar-refractivity contribution in [2.45, 2.75) is 6.10 Å². The van der Waals surface area contributed by atoms with Gasteiger partial charge < -0.3 is 24.2 Å². The fraction of sp³-hybridized carbons (Fsp3) is 0.429. The topological polar surface area (TPSA) is 85.3 Å². The maximum Gasteiger partial charge on any atom is 0.334 e. The summed E-state index contributed by atoms with van der Waals surface area (Å²) in [5.74, 6) is -0.348. The molecule has 1 amide bonds. The van der Waals surface area contributed by atoms with Gasteiger partial charge in [-0.2, -0.15) is 0 Å².